The van der Waals surface area contributed by atoms with Crippen LogP contribution in [0.1, 0.15) is 5.56 Å². The molecule has 4 rings (SSSR count). The molecule has 0 spiro atoms. The van der Waals surface area contributed by atoms with Crippen molar-refractivity contribution in [3.05, 3.63) is 54.4 Å². The van der Waals surface area contributed by atoms with Gasteiger partial charge in [-0.2, -0.15) is 5.10 Å². The summed E-state index contributed by atoms with van der Waals surface area (Å²) in [7, 11) is -0.272. The van der Waals surface area contributed by atoms with Gasteiger partial charge in [-0.1, -0.05) is 19.2 Å². The Morgan fingerprint density at radius 3 is 2.90 bits per heavy atom. The van der Waals surface area contributed by atoms with Gasteiger partial charge in [0.05, 0.1) is 12.3 Å². The van der Waals surface area contributed by atoms with E-state index in [4.69, 9.17) is 14.2 Å². The molecule has 0 aliphatic carbocycles. The van der Waals surface area contributed by atoms with E-state index in [0.29, 0.717) is 18.4 Å². The van der Waals surface area contributed by atoms with Crippen LogP contribution in [0.3, 0.4) is 0 Å². The van der Waals surface area contributed by atoms with Crippen LogP contribution >= 0.6 is 0 Å². The molecule has 2 aromatic heterocycles. The van der Waals surface area contributed by atoms with E-state index in [2.05, 4.69) is 23.2 Å². The van der Waals surface area contributed by atoms with Gasteiger partial charge in [0.2, 0.25) is 5.88 Å². The lowest BCUT2D eigenvalue weighted by Gasteiger charge is -2.10. The van der Waals surface area contributed by atoms with Crippen LogP contribution in [-0.4, -0.2) is 48.0 Å². The molecule has 3 aromatic rings. The van der Waals surface area contributed by atoms with E-state index in [1.807, 2.05) is 41.1 Å². The number of hydrogen-bond donors (Lipinski definition) is 1. The first kappa shape index (κ1) is 20.6. The first-order valence-corrected chi connectivity index (χ1v) is 12.8. The summed E-state index contributed by atoms with van der Waals surface area (Å²) in [5.74, 6) is 1.91. The average Bonchev–Trinajstić information content (AvgIpc) is 3.38. The van der Waals surface area contributed by atoms with Gasteiger partial charge in [-0.15, -0.1) is 0 Å². The number of aromatic nitrogens is 3. The Balaban J connectivity index is 1.39. The average molecular weight is 425 g/mol. The van der Waals surface area contributed by atoms with E-state index in [1.165, 1.54) is 0 Å². The van der Waals surface area contributed by atoms with Crippen molar-refractivity contribution >= 4 is 8.80 Å². The molecule has 0 amide bonds. The minimum atomic E-state index is -0.272. The van der Waals surface area contributed by atoms with Crippen molar-refractivity contribution in [3.63, 3.8) is 0 Å². The largest absolute Gasteiger partial charge is 0.487 e. The molecular formula is C22H26N3O4Si. The second-order valence-corrected chi connectivity index (χ2v) is 10.5. The molecule has 1 radical (unpaired) electrons. The molecule has 157 valence electrons. The van der Waals surface area contributed by atoms with Crippen LogP contribution < -0.4 is 9.47 Å². The summed E-state index contributed by atoms with van der Waals surface area (Å²) in [6.07, 6.45) is 4.08. The lowest BCUT2D eigenvalue weighted by Crippen LogP contribution is -2.17. The van der Waals surface area contributed by atoms with Crippen molar-refractivity contribution in [1.82, 2.24) is 14.8 Å². The number of hydrogen-bond acceptors (Lipinski definition) is 6. The summed E-state index contributed by atoms with van der Waals surface area (Å²) < 4.78 is 19.2. The third-order valence-electron chi connectivity index (χ3n) is 4.91. The zero-order chi connectivity index (χ0) is 20.9. The van der Waals surface area contributed by atoms with E-state index in [-0.39, 0.29) is 21.5 Å². The van der Waals surface area contributed by atoms with Crippen LogP contribution in [0.4, 0.5) is 0 Å². The van der Waals surface area contributed by atoms with Crippen LogP contribution in [-0.2, 0) is 17.9 Å². The van der Waals surface area contributed by atoms with Crippen molar-refractivity contribution in [2.45, 2.75) is 38.4 Å². The molecule has 0 saturated carbocycles. The van der Waals surface area contributed by atoms with Gasteiger partial charge in [0.1, 0.15) is 24.3 Å². The Hall–Kier alpha value is -2.68. The fraction of sp³-hybridized carbons (Fsp3) is 0.364. The quantitative estimate of drug-likeness (QED) is 0.416. The van der Waals surface area contributed by atoms with Gasteiger partial charge >= 0.3 is 0 Å². The Morgan fingerprint density at radius 1 is 1.23 bits per heavy atom. The maximum Gasteiger partial charge on any atom is 0.219 e. The van der Waals surface area contributed by atoms with Gasteiger partial charge in [0.15, 0.2) is 0 Å². The van der Waals surface area contributed by atoms with E-state index in [0.717, 1.165) is 41.6 Å². The second-order valence-electron chi connectivity index (χ2n) is 7.59. The number of aliphatic hydroxyl groups excluding tert-OH is 1. The van der Waals surface area contributed by atoms with Crippen molar-refractivity contribution in [2.24, 2.45) is 0 Å². The number of aliphatic hydroxyl groups is 1. The highest BCUT2D eigenvalue weighted by molar-refractivity contribution is 6.55. The maximum absolute atomic E-state index is 9.27. The Bertz CT molecular complexity index is 975. The molecule has 1 atom stereocenters. The molecular weight excluding hydrogens is 398 g/mol. The van der Waals surface area contributed by atoms with Crippen LogP contribution in [0.2, 0.25) is 19.1 Å². The summed E-state index contributed by atoms with van der Waals surface area (Å²) in [5.41, 5.74) is 2.98. The monoisotopic (exact) mass is 424 g/mol. The minimum absolute atomic E-state index is 0.00844. The van der Waals surface area contributed by atoms with Gasteiger partial charge in [-0.3, -0.25) is 0 Å². The SMILES string of the molecule is C[Si](C)CCOCn1nccc1-c1ccc(Oc2ccc3c(c2)O[C@@H](CO)C3)nc1. The predicted molar refractivity (Wildman–Crippen MR) is 115 cm³/mol. The van der Waals surface area contributed by atoms with E-state index >= 15 is 0 Å². The molecule has 1 N–H and O–H groups in total. The summed E-state index contributed by atoms with van der Waals surface area (Å²) in [6, 6.07) is 12.6. The van der Waals surface area contributed by atoms with E-state index in [9.17, 15) is 5.11 Å². The van der Waals surface area contributed by atoms with Gasteiger partial charge in [0, 0.05) is 51.9 Å². The first-order valence-electron chi connectivity index (χ1n) is 10.1. The number of rotatable bonds is 9. The molecule has 1 aliphatic rings. The Labute approximate surface area is 177 Å². The van der Waals surface area contributed by atoms with Crippen LogP contribution in [0.25, 0.3) is 11.3 Å². The molecule has 30 heavy (non-hydrogen) atoms. The summed E-state index contributed by atoms with van der Waals surface area (Å²) in [6.45, 7) is 5.76. The Kier molecular flexibility index (Phi) is 6.46. The third-order valence-corrected chi connectivity index (χ3v) is 6.12. The number of benzene rings is 1. The number of nitrogens with zero attached hydrogens (tertiary/aromatic N) is 3. The van der Waals surface area contributed by atoms with Gasteiger partial charge in [-0.05, 0) is 29.8 Å². The van der Waals surface area contributed by atoms with Crippen LogP contribution in [0.5, 0.6) is 17.4 Å². The van der Waals surface area contributed by atoms with E-state index < -0.39 is 0 Å². The molecule has 0 fully saturated rings. The number of fused-ring (bicyclic) bond motifs is 1. The van der Waals surface area contributed by atoms with Crippen molar-refractivity contribution < 1.29 is 19.3 Å². The van der Waals surface area contributed by atoms with Gasteiger partial charge in [0.25, 0.3) is 0 Å². The van der Waals surface area contributed by atoms with Crippen molar-refractivity contribution in [3.8, 4) is 28.6 Å². The number of ether oxygens (including phenoxy) is 3. The van der Waals surface area contributed by atoms with Gasteiger partial charge < -0.3 is 19.3 Å². The van der Waals surface area contributed by atoms with Crippen molar-refractivity contribution in [1.29, 1.82) is 0 Å². The molecule has 0 bridgehead atoms. The zero-order valence-corrected chi connectivity index (χ0v) is 18.2. The summed E-state index contributed by atoms with van der Waals surface area (Å²) in [4.78, 5) is 4.43. The molecule has 0 unspecified atom stereocenters. The van der Waals surface area contributed by atoms with Crippen molar-refractivity contribution in [2.75, 3.05) is 13.2 Å². The highest BCUT2D eigenvalue weighted by atomic mass is 28.3. The number of pyridine rings is 1. The standard InChI is InChI=1S/C22H26N3O4Si/c1-30(2)10-9-27-15-25-20(7-8-24-25)17-4-6-22(23-13-17)29-18-5-3-16-11-19(14-26)28-21(16)12-18/h3-8,12-13,19,26H,9-11,14-15H2,1-2H3/t19-/m1/s1. The topological polar surface area (TPSA) is 78.6 Å². The molecule has 1 aliphatic heterocycles. The van der Waals surface area contributed by atoms with Crippen LogP contribution in [0, 0.1) is 0 Å². The lowest BCUT2D eigenvalue weighted by atomic mass is 10.1. The van der Waals surface area contributed by atoms with Crippen LogP contribution in [0.15, 0.2) is 48.8 Å². The summed E-state index contributed by atoms with van der Waals surface area (Å²) in [5, 5.41) is 13.6. The highest BCUT2D eigenvalue weighted by Gasteiger charge is 2.22. The molecule has 1 aromatic carbocycles. The first-order chi connectivity index (χ1) is 14.6. The normalized spacial score (nSPS) is 15.3. The predicted octanol–water partition coefficient (Wildman–Crippen LogP) is 3.76. The fourth-order valence-corrected chi connectivity index (χ4v) is 3.82. The van der Waals surface area contributed by atoms with Gasteiger partial charge in [-0.25, -0.2) is 9.67 Å². The molecule has 0 saturated heterocycles. The molecule has 8 heteroatoms. The summed E-state index contributed by atoms with van der Waals surface area (Å²) >= 11 is 0. The van der Waals surface area contributed by atoms with E-state index in [1.54, 1.807) is 12.4 Å². The molecule has 3 heterocycles. The lowest BCUT2D eigenvalue weighted by molar-refractivity contribution is 0.0801. The maximum atomic E-state index is 9.27. The second kappa shape index (κ2) is 9.42. The third kappa shape index (κ3) is 4.89. The zero-order valence-electron chi connectivity index (χ0n) is 17.2. The molecule has 7 nitrogen and oxygen atoms in total. The Morgan fingerprint density at radius 2 is 2.13 bits per heavy atom. The fourth-order valence-electron chi connectivity index (χ4n) is 3.27. The smallest absolute Gasteiger partial charge is 0.219 e. The minimum Gasteiger partial charge on any atom is -0.487 e. The highest BCUT2D eigenvalue weighted by Crippen LogP contribution is 2.34.